The molecule has 0 fully saturated rings. The van der Waals surface area contributed by atoms with Gasteiger partial charge in [-0.05, 0) is 47.0 Å². The molecule has 1 atom stereocenters. The maximum absolute atomic E-state index is 12.9. The first-order chi connectivity index (χ1) is 17.2. The Labute approximate surface area is 207 Å². The quantitative estimate of drug-likeness (QED) is 0.237. The lowest BCUT2D eigenvalue weighted by atomic mass is 10.1. The third kappa shape index (κ3) is 5.83. The highest BCUT2D eigenvalue weighted by Crippen LogP contribution is 2.20. The first-order valence-electron chi connectivity index (χ1n) is 11.0. The number of benzene rings is 4. The highest BCUT2D eigenvalue weighted by molar-refractivity contribution is 7.89. The number of anilines is 1. The number of ketones is 1. The second-order valence-corrected chi connectivity index (χ2v) is 9.79. The molecule has 0 saturated heterocycles. The SMILES string of the molecule is O=C(Nc1ccc(C[C@@H](NS(=O)(=O)c2ccc3ccccc3c2)C(=O)O)cc1)C(=O)c1ccccc1. The predicted octanol–water partition coefficient (Wildman–Crippen LogP) is 3.64. The van der Waals surface area contributed by atoms with E-state index in [1.54, 1.807) is 48.5 Å². The third-order valence-electron chi connectivity index (χ3n) is 5.52. The Kier molecular flexibility index (Phi) is 7.23. The Morgan fingerprint density at radius 2 is 1.42 bits per heavy atom. The topological polar surface area (TPSA) is 130 Å². The van der Waals surface area contributed by atoms with Crippen LogP contribution in [0.2, 0.25) is 0 Å². The van der Waals surface area contributed by atoms with Crippen LogP contribution in [0.15, 0.2) is 102 Å². The second kappa shape index (κ2) is 10.5. The van der Waals surface area contributed by atoms with Gasteiger partial charge in [0.05, 0.1) is 4.90 Å². The Hall–Kier alpha value is -4.34. The predicted molar refractivity (Wildman–Crippen MR) is 135 cm³/mol. The lowest BCUT2D eigenvalue weighted by Gasteiger charge is -2.16. The van der Waals surface area contributed by atoms with Gasteiger partial charge in [0.2, 0.25) is 10.0 Å². The number of Topliss-reactive ketones (excluding diaryl/α,β-unsaturated/α-hetero) is 1. The van der Waals surface area contributed by atoms with Crippen molar-refractivity contribution in [3.05, 3.63) is 108 Å². The molecule has 182 valence electrons. The molecule has 0 saturated carbocycles. The van der Waals surface area contributed by atoms with E-state index in [1.807, 2.05) is 12.1 Å². The molecule has 0 bridgehead atoms. The molecule has 4 aromatic rings. The van der Waals surface area contributed by atoms with Crippen LogP contribution < -0.4 is 10.0 Å². The van der Waals surface area contributed by atoms with Gasteiger partial charge in [0.25, 0.3) is 11.7 Å². The Balaban J connectivity index is 1.44. The van der Waals surface area contributed by atoms with Crippen molar-refractivity contribution >= 4 is 44.1 Å². The molecule has 9 heteroatoms. The van der Waals surface area contributed by atoms with Crippen LogP contribution in [0.25, 0.3) is 10.8 Å². The van der Waals surface area contributed by atoms with Crippen LogP contribution in [-0.4, -0.2) is 37.2 Å². The molecular formula is C27H22N2O6S. The van der Waals surface area contributed by atoms with Crippen LogP contribution in [-0.2, 0) is 26.0 Å². The van der Waals surface area contributed by atoms with Gasteiger partial charge < -0.3 is 10.4 Å². The number of sulfonamides is 1. The zero-order valence-corrected chi connectivity index (χ0v) is 19.7. The molecule has 0 aliphatic carbocycles. The molecule has 0 aliphatic heterocycles. The summed E-state index contributed by atoms with van der Waals surface area (Å²) in [6.07, 6.45) is -0.126. The van der Waals surface area contributed by atoms with Gasteiger partial charge in [-0.15, -0.1) is 0 Å². The molecule has 8 nitrogen and oxygen atoms in total. The number of hydrogen-bond acceptors (Lipinski definition) is 5. The van der Waals surface area contributed by atoms with Crippen LogP contribution in [0, 0.1) is 0 Å². The summed E-state index contributed by atoms with van der Waals surface area (Å²) in [5.74, 6) is -2.82. The minimum Gasteiger partial charge on any atom is -0.480 e. The highest BCUT2D eigenvalue weighted by Gasteiger charge is 2.26. The molecule has 0 heterocycles. The monoisotopic (exact) mass is 502 g/mol. The number of carbonyl (C=O) groups excluding carboxylic acids is 2. The van der Waals surface area contributed by atoms with E-state index < -0.39 is 33.7 Å². The van der Waals surface area contributed by atoms with E-state index in [0.29, 0.717) is 11.3 Å². The average molecular weight is 503 g/mol. The molecule has 4 rings (SSSR count). The van der Waals surface area contributed by atoms with Gasteiger partial charge >= 0.3 is 5.97 Å². The van der Waals surface area contributed by atoms with Crippen molar-refractivity contribution in [3.63, 3.8) is 0 Å². The second-order valence-electron chi connectivity index (χ2n) is 8.07. The Bertz CT molecular complexity index is 1530. The number of carbonyl (C=O) groups is 3. The van der Waals surface area contributed by atoms with Gasteiger partial charge in [-0.3, -0.25) is 14.4 Å². The molecule has 1 amide bonds. The van der Waals surface area contributed by atoms with E-state index in [0.717, 1.165) is 10.8 Å². The van der Waals surface area contributed by atoms with Crippen LogP contribution >= 0.6 is 0 Å². The lowest BCUT2D eigenvalue weighted by molar-refractivity contribution is -0.138. The molecule has 3 N–H and O–H groups in total. The van der Waals surface area contributed by atoms with Crippen LogP contribution in [0.4, 0.5) is 5.69 Å². The van der Waals surface area contributed by atoms with E-state index in [9.17, 15) is 27.9 Å². The molecule has 0 radical (unpaired) electrons. The van der Waals surface area contributed by atoms with Gasteiger partial charge in [-0.25, -0.2) is 8.42 Å². The van der Waals surface area contributed by atoms with Gasteiger partial charge in [-0.1, -0.05) is 72.8 Å². The average Bonchev–Trinajstić information content (AvgIpc) is 2.89. The Morgan fingerprint density at radius 1 is 0.778 bits per heavy atom. The fraction of sp³-hybridized carbons (Fsp3) is 0.0741. The Morgan fingerprint density at radius 3 is 2.08 bits per heavy atom. The lowest BCUT2D eigenvalue weighted by Crippen LogP contribution is -2.42. The van der Waals surface area contributed by atoms with Gasteiger partial charge in [0.1, 0.15) is 6.04 Å². The zero-order chi connectivity index (χ0) is 25.7. The molecule has 0 aliphatic rings. The first-order valence-corrected chi connectivity index (χ1v) is 12.4. The van der Waals surface area contributed by atoms with E-state index in [4.69, 9.17) is 0 Å². The standard InChI is InChI=1S/C27H22N2O6S/c30-25(20-7-2-1-3-8-20)26(31)28-22-13-10-18(11-14-22)16-24(27(32)33)29-36(34,35)23-15-12-19-6-4-5-9-21(19)17-23/h1-15,17,24,29H,16H2,(H,28,31)(H,32,33)/t24-/m1/s1. The third-order valence-corrected chi connectivity index (χ3v) is 6.99. The summed E-state index contributed by atoms with van der Waals surface area (Å²) < 4.78 is 28.0. The number of nitrogens with one attached hydrogen (secondary N) is 2. The van der Waals surface area contributed by atoms with E-state index in [1.165, 1.54) is 36.4 Å². The molecule has 0 unspecified atom stereocenters. The highest BCUT2D eigenvalue weighted by atomic mass is 32.2. The smallest absolute Gasteiger partial charge is 0.322 e. The normalized spacial score (nSPS) is 12.1. The zero-order valence-electron chi connectivity index (χ0n) is 18.9. The molecule has 36 heavy (non-hydrogen) atoms. The number of fused-ring (bicyclic) bond motifs is 1. The molecule has 4 aromatic carbocycles. The fourth-order valence-electron chi connectivity index (χ4n) is 3.64. The number of hydrogen-bond donors (Lipinski definition) is 3. The van der Waals surface area contributed by atoms with E-state index in [-0.39, 0.29) is 16.9 Å². The van der Waals surface area contributed by atoms with Crippen molar-refractivity contribution in [1.29, 1.82) is 0 Å². The minimum atomic E-state index is -4.10. The van der Waals surface area contributed by atoms with Gasteiger partial charge in [0.15, 0.2) is 0 Å². The molecule has 0 spiro atoms. The largest absolute Gasteiger partial charge is 0.480 e. The van der Waals surface area contributed by atoms with Crippen molar-refractivity contribution in [2.75, 3.05) is 5.32 Å². The number of amides is 1. The van der Waals surface area contributed by atoms with Crippen LogP contribution in [0.1, 0.15) is 15.9 Å². The van der Waals surface area contributed by atoms with Crippen molar-refractivity contribution in [2.45, 2.75) is 17.4 Å². The van der Waals surface area contributed by atoms with Gasteiger partial charge in [-0.2, -0.15) is 4.72 Å². The molecular weight excluding hydrogens is 480 g/mol. The molecule has 0 aromatic heterocycles. The summed E-state index contributed by atoms with van der Waals surface area (Å²) in [6.45, 7) is 0. The van der Waals surface area contributed by atoms with Crippen LogP contribution in [0.3, 0.4) is 0 Å². The summed E-state index contributed by atoms with van der Waals surface area (Å²) in [5, 5.41) is 13.7. The fourth-order valence-corrected chi connectivity index (χ4v) is 4.86. The maximum Gasteiger partial charge on any atom is 0.322 e. The van der Waals surface area contributed by atoms with Crippen molar-refractivity contribution < 1.29 is 27.9 Å². The van der Waals surface area contributed by atoms with E-state index in [2.05, 4.69) is 10.0 Å². The summed E-state index contributed by atoms with van der Waals surface area (Å²) >= 11 is 0. The summed E-state index contributed by atoms with van der Waals surface area (Å²) in [6, 6.07) is 24.7. The maximum atomic E-state index is 12.9. The number of carboxylic acids is 1. The van der Waals surface area contributed by atoms with E-state index >= 15 is 0 Å². The van der Waals surface area contributed by atoms with Crippen molar-refractivity contribution in [1.82, 2.24) is 4.72 Å². The minimum absolute atomic E-state index is 0.0337. The number of carboxylic acid groups (broad SMARTS) is 1. The van der Waals surface area contributed by atoms with Crippen LogP contribution in [0.5, 0.6) is 0 Å². The summed E-state index contributed by atoms with van der Waals surface area (Å²) in [7, 11) is -4.10. The number of aliphatic carboxylic acids is 1. The van der Waals surface area contributed by atoms with Crippen molar-refractivity contribution in [2.24, 2.45) is 0 Å². The summed E-state index contributed by atoms with van der Waals surface area (Å²) in [4.78, 5) is 36.2. The summed E-state index contributed by atoms with van der Waals surface area (Å²) in [5.41, 5.74) is 1.13. The first kappa shape index (κ1) is 24.8. The number of rotatable bonds is 9. The van der Waals surface area contributed by atoms with Crippen molar-refractivity contribution in [3.8, 4) is 0 Å². The van der Waals surface area contributed by atoms with Gasteiger partial charge in [0, 0.05) is 11.3 Å².